The van der Waals surface area contributed by atoms with Crippen molar-refractivity contribution in [2.24, 2.45) is 5.41 Å². The number of aromatic nitrogens is 2. The number of fused-ring (bicyclic) bond motifs is 1. The Bertz CT molecular complexity index is 712. The van der Waals surface area contributed by atoms with Gasteiger partial charge in [-0.2, -0.15) is 5.10 Å². The van der Waals surface area contributed by atoms with Crippen LogP contribution in [0.2, 0.25) is 0 Å². The highest BCUT2D eigenvalue weighted by molar-refractivity contribution is 5.93. The van der Waals surface area contributed by atoms with Gasteiger partial charge in [-0.3, -0.25) is 14.3 Å². The fourth-order valence-corrected chi connectivity index (χ4v) is 5.74. The van der Waals surface area contributed by atoms with Gasteiger partial charge in [0, 0.05) is 43.2 Å². The minimum atomic E-state index is 0.0190. The van der Waals surface area contributed by atoms with E-state index in [0.717, 1.165) is 25.7 Å². The summed E-state index contributed by atoms with van der Waals surface area (Å²) in [6.45, 7) is 8.70. The molecule has 3 aliphatic rings. The summed E-state index contributed by atoms with van der Waals surface area (Å²) >= 11 is 0. The van der Waals surface area contributed by atoms with Crippen LogP contribution in [0.3, 0.4) is 0 Å². The predicted octanol–water partition coefficient (Wildman–Crippen LogP) is 2.47. The number of nitrogens with zero attached hydrogens (tertiary/aromatic N) is 4. The third-order valence-electron chi connectivity index (χ3n) is 6.67. The first-order valence-electron chi connectivity index (χ1n) is 9.48. The molecule has 6 heteroatoms. The van der Waals surface area contributed by atoms with E-state index in [2.05, 4.69) is 21.8 Å². The van der Waals surface area contributed by atoms with Crippen molar-refractivity contribution < 1.29 is 9.59 Å². The van der Waals surface area contributed by atoms with E-state index in [1.807, 2.05) is 24.6 Å². The summed E-state index contributed by atoms with van der Waals surface area (Å²) in [6, 6.07) is 2.63. The van der Waals surface area contributed by atoms with Gasteiger partial charge >= 0.3 is 0 Å². The Kier molecular flexibility index (Phi) is 3.71. The van der Waals surface area contributed by atoms with E-state index in [4.69, 9.17) is 0 Å². The van der Waals surface area contributed by atoms with Gasteiger partial charge in [0.2, 0.25) is 5.91 Å². The molecule has 1 aromatic rings. The minimum absolute atomic E-state index is 0.0190. The lowest BCUT2D eigenvalue weighted by Crippen LogP contribution is -2.58. The average molecular weight is 344 g/mol. The van der Waals surface area contributed by atoms with Crippen molar-refractivity contribution in [3.63, 3.8) is 0 Å². The lowest BCUT2D eigenvalue weighted by atomic mass is 9.65. The molecule has 0 aromatic carbocycles. The molecular weight excluding hydrogens is 316 g/mol. The SMILES string of the molecule is CC(=O)N1[C@@H]2CN(C(=O)c3ccnn3C(C)C)[C@@H]3CCC[C@H]1[C@]3(C)C2. The van der Waals surface area contributed by atoms with E-state index in [-0.39, 0.29) is 41.4 Å². The molecule has 136 valence electrons. The van der Waals surface area contributed by atoms with Crippen LogP contribution in [0.15, 0.2) is 12.3 Å². The lowest BCUT2D eigenvalue weighted by molar-refractivity contribution is -0.132. The molecular formula is C19H28N4O2. The molecule has 2 amide bonds. The van der Waals surface area contributed by atoms with Crippen LogP contribution >= 0.6 is 0 Å². The molecule has 3 heterocycles. The second kappa shape index (κ2) is 5.58. The number of hydrogen-bond donors (Lipinski definition) is 0. The standard InChI is InChI=1S/C19H28N4O2/c1-12(2)23-15(8-9-20-23)18(25)21-11-14-10-19(4)16(21)6-5-7-17(19)22(14)13(3)24/h8-9,12,14,16-17H,5-7,10-11H2,1-4H3/t14-,16+,17-,19+/m0/s1. The van der Waals surface area contributed by atoms with Crippen molar-refractivity contribution in [2.75, 3.05) is 6.54 Å². The zero-order valence-electron chi connectivity index (χ0n) is 15.6. The molecule has 1 aliphatic carbocycles. The van der Waals surface area contributed by atoms with Gasteiger partial charge in [-0.1, -0.05) is 6.92 Å². The maximum Gasteiger partial charge on any atom is 0.272 e. The summed E-state index contributed by atoms with van der Waals surface area (Å²) in [5.41, 5.74) is 0.682. The number of carbonyl (C=O) groups excluding carboxylic acids is 2. The van der Waals surface area contributed by atoms with E-state index in [1.165, 1.54) is 0 Å². The summed E-state index contributed by atoms with van der Waals surface area (Å²) in [6.07, 6.45) is 5.91. The Hall–Kier alpha value is -1.85. The molecule has 2 aliphatic heterocycles. The Morgan fingerprint density at radius 1 is 1.28 bits per heavy atom. The topological polar surface area (TPSA) is 58.4 Å². The molecule has 2 bridgehead atoms. The molecule has 0 spiro atoms. The maximum absolute atomic E-state index is 13.4. The van der Waals surface area contributed by atoms with E-state index >= 15 is 0 Å². The van der Waals surface area contributed by atoms with Crippen molar-refractivity contribution in [2.45, 2.75) is 77.5 Å². The summed E-state index contributed by atoms with van der Waals surface area (Å²) in [4.78, 5) is 29.8. The van der Waals surface area contributed by atoms with Gasteiger partial charge < -0.3 is 9.80 Å². The van der Waals surface area contributed by atoms with Crippen LogP contribution in [0.5, 0.6) is 0 Å². The van der Waals surface area contributed by atoms with E-state index < -0.39 is 0 Å². The van der Waals surface area contributed by atoms with Crippen molar-refractivity contribution in [1.82, 2.24) is 19.6 Å². The largest absolute Gasteiger partial charge is 0.335 e. The summed E-state index contributed by atoms with van der Waals surface area (Å²) in [5.74, 6) is 0.221. The zero-order valence-corrected chi connectivity index (χ0v) is 15.6. The van der Waals surface area contributed by atoms with Gasteiger partial charge in [0.25, 0.3) is 5.91 Å². The van der Waals surface area contributed by atoms with Gasteiger partial charge in [0.15, 0.2) is 0 Å². The van der Waals surface area contributed by atoms with Crippen molar-refractivity contribution in [3.8, 4) is 0 Å². The molecule has 0 radical (unpaired) electrons. The van der Waals surface area contributed by atoms with Gasteiger partial charge in [-0.05, 0) is 45.6 Å². The van der Waals surface area contributed by atoms with Crippen LogP contribution in [0.25, 0.3) is 0 Å². The van der Waals surface area contributed by atoms with E-state index in [0.29, 0.717) is 12.2 Å². The molecule has 1 saturated carbocycles. The maximum atomic E-state index is 13.4. The Morgan fingerprint density at radius 3 is 2.68 bits per heavy atom. The van der Waals surface area contributed by atoms with Crippen molar-refractivity contribution in [1.29, 1.82) is 0 Å². The molecule has 6 nitrogen and oxygen atoms in total. The van der Waals surface area contributed by atoms with Crippen LogP contribution in [-0.4, -0.2) is 56.1 Å². The molecule has 2 saturated heterocycles. The van der Waals surface area contributed by atoms with Gasteiger partial charge in [0.1, 0.15) is 5.69 Å². The van der Waals surface area contributed by atoms with E-state index in [9.17, 15) is 9.59 Å². The third kappa shape index (κ3) is 2.26. The minimum Gasteiger partial charge on any atom is -0.335 e. The number of carbonyl (C=O) groups is 2. The van der Waals surface area contributed by atoms with Crippen LogP contribution in [-0.2, 0) is 4.79 Å². The van der Waals surface area contributed by atoms with Crippen LogP contribution < -0.4 is 0 Å². The molecule has 3 fully saturated rings. The van der Waals surface area contributed by atoms with Crippen LogP contribution in [0.4, 0.5) is 0 Å². The predicted molar refractivity (Wildman–Crippen MR) is 94.1 cm³/mol. The zero-order chi connectivity index (χ0) is 17.9. The number of hydrogen-bond acceptors (Lipinski definition) is 3. The number of piperidine rings is 1. The second-order valence-corrected chi connectivity index (χ2v) is 8.46. The molecule has 25 heavy (non-hydrogen) atoms. The van der Waals surface area contributed by atoms with Gasteiger partial charge in [-0.25, -0.2) is 0 Å². The highest BCUT2D eigenvalue weighted by atomic mass is 16.2. The molecule has 1 aromatic heterocycles. The fraction of sp³-hybridized carbons (Fsp3) is 0.737. The van der Waals surface area contributed by atoms with Crippen molar-refractivity contribution >= 4 is 11.8 Å². The first-order chi connectivity index (χ1) is 11.8. The average Bonchev–Trinajstić information content (AvgIpc) is 3.13. The first kappa shape index (κ1) is 16.6. The number of amides is 2. The number of likely N-dealkylation sites (tertiary alicyclic amines) is 2. The Morgan fingerprint density at radius 2 is 2.00 bits per heavy atom. The molecule has 4 atom stereocenters. The van der Waals surface area contributed by atoms with Crippen LogP contribution in [0, 0.1) is 5.41 Å². The highest BCUT2D eigenvalue weighted by Crippen LogP contribution is 2.54. The highest BCUT2D eigenvalue weighted by Gasteiger charge is 2.61. The molecule has 4 rings (SSSR count). The quantitative estimate of drug-likeness (QED) is 0.828. The summed E-state index contributed by atoms with van der Waals surface area (Å²) in [5, 5.41) is 4.33. The molecule has 0 N–H and O–H groups in total. The Labute approximate surface area is 149 Å². The van der Waals surface area contributed by atoms with Gasteiger partial charge in [0.05, 0.1) is 6.04 Å². The fourth-order valence-electron chi connectivity index (χ4n) is 5.74. The third-order valence-corrected chi connectivity index (χ3v) is 6.67. The second-order valence-electron chi connectivity index (χ2n) is 8.46. The van der Waals surface area contributed by atoms with Crippen LogP contribution in [0.1, 0.15) is 69.9 Å². The normalized spacial score (nSPS) is 33.9. The summed E-state index contributed by atoms with van der Waals surface area (Å²) < 4.78 is 1.81. The monoisotopic (exact) mass is 344 g/mol. The van der Waals surface area contributed by atoms with E-state index in [1.54, 1.807) is 13.1 Å². The number of rotatable bonds is 2. The summed E-state index contributed by atoms with van der Waals surface area (Å²) in [7, 11) is 0. The Balaban J connectivity index is 1.71. The van der Waals surface area contributed by atoms with Gasteiger partial charge in [-0.15, -0.1) is 0 Å². The molecule has 0 unspecified atom stereocenters. The van der Waals surface area contributed by atoms with Crippen molar-refractivity contribution in [3.05, 3.63) is 18.0 Å². The first-order valence-corrected chi connectivity index (χ1v) is 9.48. The lowest BCUT2D eigenvalue weighted by Gasteiger charge is -2.49. The smallest absolute Gasteiger partial charge is 0.272 e.